The van der Waals surface area contributed by atoms with Gasteiger partial charge in [0.25, 0.3) is 0 Å². The number of benzene rings is 1. The van der Waals surface area contributed by atoms with Gasteiger partial charge in [-0.25, -0.2) is 0 Å². The molecule has 17 heavy (non-hydrogen) atoms. The predicted molar refractivity (Wildman–Crippen MR) is 68.9 cm³/mol. The number of unbranched alkanes of at least 4 members (excludes halogenated alkanes) is 2. The first-order chi connectivity index (χ1) is 8.33. The highest BCUT2D eigenvalue weighted by Gasteiger charge is 2.05. The Hall–Kier alpha value is -1.91. The van der Waals surface area contributed by atoms with Gasteiger partial charge in [-0.3, -0.25) is 4.99 Å². The van der Waals surface area contributed by atoms with Crippen molar-refractivity contribution in [2.75, 3.05) is 6.54 Å². The zero-order valence-corrected chi connectivity index (χ0v) is 10.0. The average molecular weight is 231 g/mol. The van der Waals surface area contributed by atoms with Crippen LogP contribution in [-0.2, 0) is 0 Å². The molecule has 0 saturated carbocycles. The third-order valence-corrected chi connectivity index (χ3v) is 2.60. The summed E-state index contributed by atoms with van der Waals surface area (Å²) in [4.78, 5) is 4.31. The van der Waals surface area contributed by atoms with Gasteiger partial charge in [0.15, 0.2) is 0 Å². The van der Waals surface area contributed by atoms with Gasteiger partial charge in [-0.2, -0.15) is 4.68 Å². The molecule has 0 atom stereocenters. The van der Waals surface area contributed by atoms with Crippen molar-refractivity contribution in [2.24, 2.45) is 10.7 Å². The molecule has 2 N–H and O–H groups in total. The second kappa shape index (κ2) is 5.43. The number of aliphatic imine (C=N–C) groups is 1. The van der Waals surface area contributed by atoms with Crippen LogP contribution in [0, 0.1) is 0 Å². The minimum absolute atomic E-state index is 0.412. The Balaban J connectivity index is 2.16. The summed E-state index contributed by atoms with van der Waals surface area (Å²) in [5.41, 5.74) is 7.62. The van der Waals surface area contributed by atoms with Crippen LogP contribution in [-0.4, -0.2) is 27.5 Å². The van der Waals surface area contributed by atoms with E-state index in [-0.39, 0.29) is 0 Å². The van der Waals surface area contributed by atoms with Crippen LogP contribution in [0.1, 0.15) is 26.2 Å². The largest absolute Gasteiger partial charge is 0.368 e. The number of hydrogen-bond acceptors (Lipinski definition) is 3. The number of rotatable bonds is 4. The van der Waals surface area contributed by atoms with Gasteiger partial charge in [0.2, 0.25) is 5.96 Å². The Labute approximate surface area is 100 Å². The van der Waals surface area contributed by atoms with E-state index in [2.05, 4.69) is 22.2 Å². The third kappa shape index (κ3) is 2.61. The van der Waals surface area contributed by atoms with Gasteiger partial charge < -0.3 is 5.73 Å². The second-order valence-corrected chi connectivity index (χ2v) is 3.94. The molecule has 5 heteroatoms. The fourth-order valence-corrected chi connectivity index (χ4v) is 1.66. The van der Waals surface area contributed by atoms with E-state index in [1.807, 2.05) is 24.3 Å². The molecule has 2 rings (SSSR count). The number of nitrogens with two attached hydrogens (primary N) is 1. The van der Waals surface area contributed by atoms with Crippen molar-refractivity contribution in [1.29, 1.82) is 0 Å². The predicted octanol–water partition coefficient (Wildman–Crippen LogP) is 1.78. The molecule has 0 bridgehead atoms. The first kappa shape index (κ1) is 11.6. The Morgan fingerprint density at radius 3 is 3.00 bits per heavy atom. The van der Waals surface area contributed by atoms with Crippen LogP contribution in [0.5, 0.6) is 0 Å². The molecule has 1 aromatic carbocycles. The SMILES string of the molecule is CCCCCN=C(N)n1nnc2ccccc21. The highest BCUT2D eigenvalue weighted by Crippen LogP contribution is 2.08. The number of nitrogens with zero attached hydrogens (tertiary/aromatic N) is 4. The van der Waals surface area contributed by atoms with Gasteiger partial charge in [-0.15, -0.1) is 5.10 Å². The minimum atomic E-state index is 0.412. The molecule has 0 aliphatic carbocycles. The molecule has 90 valence electrons. The monoisotopic (exact) mass is 231 g/mol. The molecule has 0 fully saturated rings. The molecule has 0 aliphatic heterocycles. The molecular weight excluding hydrogens is 214 g/mol. The lowest BCUT2D eigenvalue weighted by atomic mass is 10.2. The Bertz CT molecular complexity index is 514. The number of aromatic nitrogens is 3. The summed E-state index contributed by atoms with van der Waals surface area (Å²) >= 11 is 0. The zero-order valence-electron chi connectivity index (χ0n) is 10.0. The number of hydrogen-bond donors (Lipinski definition) is 1. The van der Waals surface area contributed by atoms with Gasteiger partial charge in [-0.05, 0) is 18.6 Å². The maximum Gasteiger partial charge on any atom is 0.218 e. The van der Waals surface area contributed by atoms with Crippen molar-refractivity contribution in [3.05, 3.63) is 24.3 Å². The molecule has 0 radical (unpaired) electrons. The van der Waals surface area contributed by atoms with Crippen molar-refractivity contribution < 1.29 is 0 Å². The first-order valence-electron chi connectivity index (χ1n) is 5.93. The van der Waals surface area contributed by atoms with Crippen molar-refractivity contribution in [3.8, 4) is 0 Å². The third-order valence-electron chi connectivity index (χ3n) is 2.60. The summed E-state index contributed by atoms with van der Waals surface area (Å²) in [6.07, 6.45) is 3.42. The molecule has 1 aromatic heterocycles. The Morgan fingerprint density at radius 1 is 1.35 bits per heavy atom. The lowest BCUT2D eigenvalue weighted by Gasteiger charge is -2.00. The number of para-hydroxylation sites is 1. The van der Waals surface area contributed by atoms with Gasteiger partial charge >= 0.3 is 0 Å². The van der Waals surface area contributed by atoms with Crippen LogP contribution in [0.2, 0.25) is 0 Å². The quantitative estimate of drug-likeness (QED) is 0.495. The zero-order chi connectivity index (χ0) is 12.1. The van der Waals surface area contributed by atoms with Gasteiger partial charge in [0, 0.05) is 6.54 Å². The van der Waals surface area contributed by atoms with Crippen LogP contribution in [0.25, 0.3) is 11.0 Å². The standard InChI is InChI=1S/C12H17N5/c1-2-3-6-9-14-12(13)17-11-8-5-4-7-10(11)15-16-17/h4-5,7-8H,2-3,6,9H2,1H3,(H2,13,14). The molecule has 0 spiro atoms. The van der Waals surface area contributed by atoms with E-state index in [4.69, 9.17) is 5.73 Å². The normalized spacial score (nSPS) is 12.2. The molecule has 0 amide bonds. The van der Waals surface area contributed by atoms with Crippen molar-refractivity contribution in [3.63, 3.8) is 0 Å². The maximum atomic E-state index is 5.90. The molecule has 1 heterocycles. The summed E-state index contributed by atoms with van der Waals surface area (Å²) in [7, 11) is 0. The topological polar surface area (TPSA) is 69.1 Å². The van der Waals surface area contributed by atoms with E-state index < -0.39 is 0 Å². The first-order valence-corrected chi connectivity index (χ1v) is 5.93. The number of fused-ring (bicyclic) bond motifs is 1. The summed E-state index contributed by atoms with van der Waals surface area (Å²) in [5, 5.41) is 8.04. The van der Waals surface area contributed by atoms with E-state index >= 15 is 0 Å². The fourth-order valence-electron chi connectivity index (χ4n) is 1.66. The molecule has 0 aliphatic rings. The summed E-state index contributed by atoms with van der Waals surface area (Å²) in [5.74, 6) is 0.412. The lowest BCUT2D eigenvalue weighted by Crippen LogP contribution is -2.24. The van der Waals surface area contributed by atoms with Crippen molar-refractivity contribution in [1.82, 2.24) is 15.0 Å². The second-order valence-electron chi connectivity index (χ2n) is 3.94. The van der Waals surface area contributed by atoms with E-state index in [1.165, 1.54) is 12.8 Å². The van der Waals surface area contributed by atoms with Crippen LogP contribution in [0.4, 0.5) is 0 Å². The molecule has 0 unspecified atom stereocenters. The fraction of sp³-hybridized carbons (Fsp3) is 0.417. The van der Waals surface area contributed by atoms with Crippen molar-refractivity contribution >= 4 is 17.0 Å². The Kier molecular flexibility index (Phi) is 3.69. The molecule has 5 nitrogen and oxygen atoms in total. The summed E-state index contributed by atoms with van der Waals surface area (Å²) in [6.45, 7) is 2.91. The highest BCUT2D eigenvalue weighted by atomic mass is 15.5. The Morgan fingerprint density at radius 2 is 2.18 bits per heavy atom. The van der Waals surface area contributed by atoms with E-state index in [0.29, 0.717) is 5.96 Å². The lowest BCUT2D eigenvalue weighted by molar-refractivity contribution is 0.722. The van der Waals surface area contributed by atoms with Gasteiger partial charge in [0.1, 0.15) is 5.52 Å². The maximum absolute atomic E-state index is 5.90. The molecule has 2 aromatic rings. The molecular formula is C12H17N5. The summed E-state index contributed by atoms with van der Waals surface area (Å²) in [6, 6.07) is 7.70. The smallest absolute Gasteiger partial charge is 0.218 e. The summed E-state index contributed by atoms with van der Waals surface area (Å²) < 4.78 is 1.58. The van der Waals surface area contributed by atoms with E-state index in [9.17, 15) is 0 Å². The van der Waals surface area contributed by atoms with Crippen LogP contribution in [0.3, 0.4) is 0 Å². The van der Waals surface area contributed by atoms with Gasteiger partial charge in [0.05, 0.1) is 5.52 Å². The molecule has 0 saturated heterocycles. The van der Waals surface area contributed by atoms with Gasteiger partial charge in [-0.1, -0.05) is 37.1 Å². The van der Waals surface area contributed by atoms with Crippen molar-refractivity contribution in [2.45, 2.75) is 26.2 Å². The average Bonchev–Trinajstić information content (AvgIpc) is 2.78. The minimum Gasteiger partial charge on any atom is -0.368 e. The van der Waals surface area contributed by atoms with Crippen LogP contribution >= 0.6 is 0 Å². The van der Waals surface area contributed by atoms with Crippen LogP contribution in [0.15, 0.2) is 29.3 Å². The van der Waals surface area contributed by atoms with E-state index in [0.717, 1.165) is 24.0 Å². The van der Waals surface area contributed by atoms with E-state index in [1.54, 1.807) is 4.68 Å². The highest BCUT2D eigenvalue weighted by molar-refractivity contribution is 5.89. The van der Waals surface area contributed by atoms with Crippen LogP contribution < -0.4 is 5.73 Å².